The number of carbonyl (C=O) groups is 2. The van der Waals surface area contributed by atoms with Gasteiger partial charge in [-0.25, -0.2) is 0 Å². The van der Waals surface area contributed by atoms with E-state index < -0.39 is 0 Å². The first kappa shape index (κ1) is 15.9. The van der Waals surface area contributed by atoms with Crippen LogP contribution in [0.2, 0.25) is 0 Å². The molecular weight excluding hydrogens is 220 g/mol. The molecule has 17 heavy (non-hydrogen) atoms. The highest BCUT2D eigenvalue weighted by Gasteiger charge is 2.20. The molecule has 5 nitrogen and oxygen atoms in total. The molecule has 1 atom stereocenters. The number of carbonyl (C=O) groups excluding carboxylic acids is 2. The van der Waals surface area contributed by atoms with E-state index in [9.17, 15) is 9.59 Å². The molecule has 1 unspecified atom stereocenters. The Morgan fingerprint density at radius 1 is 1.29 bits per heavy atom. The topological polar surface area (TPSA) is 58.6 Å². The van der Waals surface area contributed by atoms with Gasteiger partial charge in [-0.3, -0.25) is 14.5 Å². The minimum Gasteiger partial charge on any atom is -0.469 e. The molecule has 5 heteroatoms. The molecule has 0 aromatic heterocycles. The van der Waals surface area contributed by atoms with Gasteiger partial charge in [0.2, 0.25) is 5.91 Å². The number of esters is 1. The van der Waals surface area contributed by atoms with Crippen LogP contribution >= 0.6 is 0 Å². The van der Waals surface area contributed by atoms with Crippen molar-refractivity contribution in [3.05, 3.63) is 0 Å². The Labute approximate surface area is 103 Å². The van der Waals surface area contributed by atoms with Gasteiger partial charge in [-0.05, 0) is 27.3 Å². The van der Waals surface area contributed by atoms with Crippen molar-refractivity contribution in [2.75, 3.05) is 20.2 Å². The molecule has 0 saturated carbocycles. The monoisotopic (exact) mass is 244 g/mol. The molecule has 0 heterocycles. The van der Waals surface area contributed by atoms with Crippen LogP contribution in [0.1, 0.15) is 34.1 Å². The minimum absolute atomic E-state index is 0.00767. The van der Waals surface area contributed by atoms with Crippen molar-refractivity contribution in [1.29, 1.82) is 0 Å². The molecule has 0 bridgehead atoms. The van der Waals surface area contributed by atoms with Gasteiger partial charge in [-0.1, -0.05) is 6.92 Å². The lowest BCUT2D eigenvalue weighted by Crippen LogP contribution is -2.47. The van der Waals surface area contributed by atoms with Crippen molar-refractivity contribution in [1.82, 2.24) is 10.2 Å². The quantitative estimate of drug-likeness (QED) is 0.673. The highest BCUT2D eigenvalue weighted by Crippen LogP contribution is 2.02. The van der Waals surface area contributed by atoms with E-state index >= 15 is 0 Å². The lowest BCUT2D eigenvalue weighted by Gasteiger charge is -2.27. The van der Waals surface area contributed by atoms with E-state index in [0.29, 0.717) is 13.0 Å². The normalized spacial score (nSPS) is 12.6. The van der Waals surface area contributed by atoms with Crippen molar-refractivity contribution < 1.29 is 14.3 Å². The average Bonchev–Trinajstić information content (AvgIpc) is 2.28. The van der Waals surface area contributed by atoms with Crippen molar-refractivity contribution in [3.8, 4) is 0 Å². The fourth-order valence-corrected chi connectivity index (χ4v) is 1.53. The smallest absolute Gasteiger partial charge is 0.306 e. The Morgan fingerprint density at radius 3 is 2.29 bits per heavy atom. The third-order valence-corrected chi connectivity index (χ3v) is 2.60. The fourth-order valence-electron chi connectivity index (χ4n) is 1.53. The van der Waals surface area contributed by atoms with Crippen molar-refractivity contribution in [3.63, 3.8) is 0 Å². The lowest BCUT2D eigenvalue weighted by atomic mass is 10.2. The number of likely N-dealkylation sites (N-methyl/N-ethyl adjacent to an activating group) is 1. The van der Waals surface area contributed by atoms with Crippen LogP contribution in [-0.2, 0) is 14.3 Å². The third-order valence-electron chi connectivity index (χ3n) is 2.60. The molecular formula is C12H24N2O3. The SMILES string of the molecule is CCN(CCC(=O)OC)C(C)C(=O)NC(C)C. The highest BCUT2D eigenvalue weighted by atomic mass is 16.5. The van der Waals surface area contributed by atoms with Gasteiger partial charge < -0.3 is 10.1 Å². The van der Waals surface area contributed by atoms with Gasteiger partial charge >= 0.3 is 5.97 Å². The second kappa shape index (κ2) is 8.06. The number of nitrogens with one attached hydrogen (secondary N) is 1. The van der Waals surface area contributed by atoms with Gasteiger partial charge in [0.25, 0.3) is 0 Å². The maximum Gasteiger partial charge on any atom is 0.306 e. The number of hydrogen-bond acceptors (Lipinski definition) is 4. The summed E-state index contributed by atoms with van der Waals surface area (Å²) in [5.41, 5.74) is 0. The van der Waals surface area contributed by atoms with Crippen LogP contribution in [0.25, 0.3) is 0 Å². The van der Waals surface area contributed by atoms with Gasteiger partial charge in [0, 0.05) is 12.6 Å². The molecule has 1 N–H and O–H groups in total. The van der Waals surface area contributed by atoms with E-state index in [1.165, 1.54) is 7.11 Å². The van der Waals surface area contributed by atoms with Crippen LogP contribution in [0.5, 0.6) is 0 Å². The second-order valence-corrected chi connectivity index (χ2v) is 4.29. The summed E-state index contributed by atoms with van der Waals surface area (Å²) in [6, 6.07) is -0.101. The minimum atomic E-state index is -0.250. The largest absolute Gasteiger partial charge is 0.469 e. The van der Waals surface area contributed by atoms with Crippen molar-refractivity contribution >= 4 is 11.9 Å². The maximum atomic E-state index is 11.8. The summed E-state index contributed by atoms with van der Waals surface area (Å²) >= 11 is 0. The number of rotatable bonds is 7. The summed E-state index contributed by atoms with van der Waals surface area (Å²) in [4.78, 5) is 24.8. The first-order chi connectivity index (χ1) is 7.92. The number of nitrogens with zero attached hydrogens (tertiary/aromatic N) is 1. The average molecular weight is 244 g/mol. The number of amides is 1. The molecule has 0 rings (SSSR count). The van der Waals surface area contributed by atoms with Crippen LogP contribution in [0.15, 0.2) is 0 Å². The van der Waals surface area contributed by atoms with E-state index in [4.69, 9.17) is 0 Å². The third kappa shape index (κ3) is 6.26. The molecule has 0 aliphatic heterocycles. The molecule has 0 spiro atoms. The van der Waals surface area contributed by atoms with Crippen LogP contribution in [-0.4, -0.2) is 49.1 Å². The van der Waals surface area contributed by atoms with Gasteiger partial charge in [-0.2, -0.15) is 0 Å². The molecule has 0 fully saturated rings. The molecule has 0 aromatic carbocycles. The summed E-state index contributed by atoms with van der Waals surface area (Å²) in [6.07, 6.45) is 0.309. The van der Waals surface area contributed by atoms with E-state index in [-0.39, 0.29) is 24.0 Å². The zero-order valence-corrected chi connectivity index (χ0v) is 11.4. The molecule has 0 aromatic rings. The highest BCUT2D eigenvalue weighted by molar-refractivity contribution is 5.81. The van der Waals surface area contributed by atoms with Crippen LogP contribution in [0.3, 0.4) is 0 Å². The molecule has 0 aliphatic carbocycles. The number of methoxy groups -OCH3 is 1. The maximum absolute atomic E-state index is 11.8. The zero-order chi connectivity index (χ0) is 13.4. The van der Waals surface area contributed by atoms with E-state index in [2.05, 4.69) is 10.1 Å². The Morgan fingerprint density at radius 2 is 1.88 bits per heavy atom. The molecule has 100 valence electrons. The summed E-state index contributed by atoms with van der Waals surface area (Å²) < 4.78 is 4.58. The van der Waals surface area contributed by atoms with Crippen molar-refractivity contribution in [2.24, 2.45) is 0 Å². The van der Waals surface area contributed by atoms with E-state index in [0.717, 1.165) is 6.54 Å². The summed E-state index contributed by atoms with van der Waals surface area (Å²) in [7, 11) is 1.37. The Hall–Kier alpha value is -1.10. The first-order valence-electron chi connectivity index (χ1n) is 6.03. The number of ether oxygens (including phenoxy) is 1. The summed E-state index contributed by atoms with van der Waals surface area (Å²) in [6.45, 7) is 8.93. The van der Waals surface area contributed by atoms with Crippen molar-refractivity contribution in [2.45, 2.75) is 46.2 Å². The molecule has 0 saturated heterocycles. The van der Waals surface area contributed by atoms with E-state index in [1.54, 1.807) is 0 Å². The van der Waals surface area contributed by atoms with Crippen LogP contribution < -0.4 is 5.32 Å². The Balaban J connectivity index is 4.24. The Bertz CT molecular complexity index is 254. The fraction of sp³-hybridized carbons (Fsp3) is 0.833. The van der Waals surface area contributed by atoms with Gasteiger partial charge in [0.1, 0.15) is 0 Å². The molecule has 0 aliphatic rings. The van der Waals surface area contributed by atoms with Gasteiger partial charge in [0.15, 0.2) is 0 Å². The van der Waals surface area contributed by atoms with Crippen LogP contribution in [0.4, 0.5) is 0 Å². The lowest BCUT2D eigenvalue weighted by molar-refractivity contribution is -0.141. The number of hydrogen-bond donors (Lipinski definition) is 1. The van der Waals surface area contributed by atoms with Crippen LogP contribution in [0, 0.1) is 0 Å². The van der Waals surface area contributed by atoms with Gasteiger partial charge in [0.05, 0.1) is 19.6 Å². The predicted molar refractivity (Wildman–Crippen MR) is 66.6 cm³/mol. The first-order valence-corrected chi connectivity index (χ1v) is 6.03. The summed E-state index contributed by atoms with van der Waals surface area (Å²) in [5, 5.41) is 2.86. The zero-order valence-electron chi connectivity index (χ0n) is 11.4. The van der Waals surface area contributed by atoms with E-state index in [1.807, 2.05) is 32.6 Å². The standard InChI is InChI=1S/C12H24N2O3/c1-6-14(8-7-11(15)17-5)10(4)12(16)13-9(2)3/h9-10H,6-8H2,1-5H3,(H,13,16). The molecule has 0 radical (unpaired) electrons. The molecule has 1 amide bonds. The second-order valence-electron chi connectivity index (χ2n) is 4.29. The van der Waals surface area contributed by atoms with Gasteiger partial charge in [-0.15, -0.1) is 0 Å². The predicted octanol–water partition coefficient (Wildman–Crippen LogP) is 0.785. The Kier molecular flexibility index (Phi) is 7.54. The summed E-state index contributed by atoms with van der Waals surface area (Å²) in [5.74, 6) is -0.258.